The van der Waals surface area contributed by atoms with Crippen LogP contribution in [0, 0.1) is 0 Å². The van der Waals surface area contributed by atoms with Crippen molar-refractivity contribution in [2.75, 3.05) is 19.8 Å². The van der Waals surface area contributed by atoms with Crippen LogP contribution < -0.4 is 10.6 Å². The predicted molar refractivity (Wildman–Crippen MR) is 102 cm³/mol. The average Bonchev–Trinajstić information content (AvgIpc) is 2.67. The fourth-order valence-electron chi connectivity index (χ4n) is 2.22. The Morgan fingerprint density at radius 1 is 0.963 bits per heavy atom. The molecule has 7 heteroatoms. The van der Waals surface area contributed by atoms with Gasteiger partial charge in [-0.3, -0.25) is 4.79 Å². The zero-order valence-corrected chi connectivity index (χ0v) is 16.2. The molecular formula is C20H30N2O5. The molecule has 0 radical (unpaired) electrons. The maximum absolute atomic E-state index is 12.3. The monoisotopic (exact) mass is 378 g/mol. The second kappa shape index (κ2) is 13.6. The van der Waals surface area contributed by atoms with Gasteiger partial charge in [0.2, 0.25) is 5.91 Å². The van der Waals surface area contributed by atoms with Crippen molar-refractivity contribution < 1.29 is 23.9 Å². The lowest BCUT2D eigenvalue weighted by Gasteiger charge is -2.18. The molecular weight excluding hydrogens is 348 g/mol. The largest absolute Gasteiger partial charge is 0.464 e. The molecule has 0 aliphatic rings. The summed E-state index contributed by atoms with van der Waals surface area (Å²) in [5, 5.41) is 5.01. The molecule has 1 rings (SSSR count). The fraction of sp³-hybridized carbons (Fsp3) is 0.550. The van der Waals surface area contributed by atoms with Crippen LogP contribution in [0.4, 0.5) is 4.79 Å². The van der Waals surface area contributed by atoms with Crippen LogP contribution in [0.5, 0.6) is 0 Å². The molecule has 1 atom stereocenters. The fourth-order valence-corrected chi connectivity index (χ4v) is 2.22. The number of ether oxygens (including phenoxy) is 2. The number of hydrogen-bond acceptors (Lipinski definition) is 5. The second-order valence-electron chi connectivity index (χ2n) is 6.17. The Morgan fingerprint density at radius 2 is 1.59 bits per heavy atom. The van der Waals surface area contributed by atoms with Gasteiger partial charge in [0.25, 0.3) is 0 Å². The smallest absolute Gasteiger partial charge is 0.407 e. The molecule has 0 saturated heterocycles. The molecule has 1 aromatic rings. The van der Waals surface area contributed by atoms with E-state index in [-0.39, 0.29) is 6.54 Å². The van der Waals surface area contributed by atoms with E-state index in [0.717, 1.165) is 31.2 Å². The summed E-state index contributed by atoms with van der Waals surface area (Å²) < 4.78 is 10.2. The summed E-state index contributed by atoms with van der Waals surface area (Å²) in [6.07, 6.45) is 3.02. The normalized spacial score (nSPS) is 11.3. The van der Waals surface area contributed by atoms with Crippen LogP contribution in [0.1, 0.15) is 45.1 Å². The molecule has 2 N–H and O–H groups in total. The van der Waals surface area contributed by atoms with Crippen molar-refractivity contribution in [1.82, 2.24) is 10.6 Å². The Bertz CT molecular complexity index is 577. The summed E-state index contributed by atoms with van der Waals surface area (Å²) in [7, 11) is 0. The minimum atomic E-state index is -0.810. The van der Waals surface area contributed by atoms with E-state index in [1.54, 1.807) is 0 Å². The highest BCUT2D eigenvalue weighted by Crippen LogP contribution is 2.05. The van der Waals surface area contributed by atoms with E-state index in [9.17, 15) is 14.4 Å². The van der Waals surface area contributed by atoms with E-state index in [4.69, 9.17) is 9.47 Å². The van der Waals surface area contributed by atoms with Crippen molar-refractivity contribution in [3.63, 3.8) is 0 Å². The quantitative estimate of drug-likeness (QED) is 0.431. The molecule has 1 aromatic carbocycles. The Labute approximate surface area is 160 Å². The molecule has 2 amide bonds. The molecule has 1 unspecified atom stereocenters. The van der Waals surface area contributed by atoms with E-state index in [0.29, 0.717) is 19.6 Å². The standard InChI is InChI=1S/C20H30N2O5/c1-3-5-12-26-19(24)17(14-16-10-8-7-9-11-16)22-18(23)15-21-20(25)27-13-6-4-2/h7-11,17H,3-6,12-15H2,1-2H3,(H,21,25)(H,22,23). The molecule has 0 aliphatic carbocycles. The van der Waals surface area contributed by atoms with Crippen molar-refractivity contribution in [2.24, 2.45) is 0 Å². The second-order valence-corrected chi connectivity index (χ2v) is 6.17. The molecule has 0 aromatic heterocycles. The van der Waals surface area contributed by atoms with E-state index in [1.807, 2.05) is 44.2 Å². The lowest BCUT2D eigenvalue weighted by Crippen LogP contribution is -2.47. The first-order valence-electron chi connectivity index (χ1n) is 9.47. The van der Waals surface area contributed by atoms with Gasteiger partial charge in [-0.15, -0.1) is 0 Å². The van der Waals surface area contributed by atoms with Crippen molar-refractivity contribution in [1.29, 1.82) is 0 Å². The summed E-state index contributed by atoms with van der Waals surface area (Å²) in [4.78, 5) is 35.9. The first-order valence-corrected chi connectivity index (χ1v) is 9.47. The number of hydrogen-bond donors (Lipinski definition) is 2. The number of carbonyl (C=O) groups is 3. The molecule has 0 bridgehead atoms. The molecule has 0 heterocycles. The zero-order chi connectivity index (χ0) is 19.9. The summed E-state index contributed by atoms with van der Waals surface area (Å²) >= 11 is 0. The van der Waals surface area contributed by atoms with Crippen LogP contribution in [-0.2, 0) is 25.5 Å². The molecule has 0 fully saturated rings. The first-order chi connectivity index (χ1) is 13.1. The predicted octanol–water partition coefficient (Wildman–Crippen LogP) is 2.58. The number of alkyl carbamates (subject to hydrolysis) is 1. The van der Waals surface area contributed by atoms with Gasteiger partial charge in [-0.1, -0.05) is 57.0 Å². The molecule has 0 saturated carbocycles. The van der Waals surface area contributed by atoms with Crippen LogP contribution in [-0.4, -0.2) is 43.8 Å². The number of benzene rings is 1. The van der Waals surface area contributed by atoms with Crippen molar-refractivity contribution in [3.8, 4) is 0 Å². The van der Waals surface area contributed by atoms with Crippen LogP contribution >= 0.6 is 0 Å². The van der Waals surface area contributed by atoms with Crippen LogP contribution in [0.2, 0.25) is 0 Å². The van der Waals surface area contributed by atoms with Crippen molar-refractivity contribution in [3.05, 3.63) is 35.9 Å². The molecule has 27 heavy (non-hydrogen) atoms. The Balaban J connectivity index is 2.54. The number of unbranched alkanes of at least 4 members (excludes halogenated alkanes) is 2. The summed E-state index contributed by atoms with van der Waals surface area (Å²) in [6.45, 7) is 4.35. The summed E-state index contributed by atoms with van der Waals surface area (Å²) in [5.41, 5.74) is 0.905. The minimum Gasteiger partial charge on any atom is -0.464 e. The maximum atomic E-state index is 12.3. The van der Waals surface area contributed by atoms with Crippen molar-refractivity contribution >= 4 is 18.0 Å². The van der Waals surface area contributed by atoms with E-state index in [1.165, 1.54) is 0 Å². The molecule has 0 aliphatic heterocycles. The Kier molecular flexibility index (Phi) is 11.3. The van der Waals surface area contributed by atoms with E-state index >= 15 is 0 Å². The van der Waals surface area contributed by atoms with Gasteiger partial charge >= 0.3 is 12.1 Å². The number of amides is 2. The van der Waals surface area contributed by atoms with Crippen LogP contribution in [0.3, 0.4) is 0 Å². The first kappa shape index (κ1) is 22.5. The van der Waals surface area contributed by atoms with E-state index in [2.05, 4.69) is 10.6 Å². The molecule has 0 spiro atoms. The van der Waals surface area contributed by atoms with Gasteiger partial charge in [0, 0.05) is 6.42 Å². The third kappa shape index (κ3) is 10.2. The number of esters is 1. The number of nitrogens with one attached hydrogen (secondary N) is 2. The van der Waals surface area contributed by atoms with Crippen LogP contribution in [0.15, 0.2) is 30.3 Å². The molecule has 150 valence electrons. The average molecular weight is 378 g/mol. The third-order valence-electron chi connectivity index (χ3n) is 3.77. The highest BCUT2D eigenvalue weighted by molar-refractivity contribution is 5.87. The van der Waals surface area contributed by atoms with Crippen molar-refractivity contribution in [2.45, 2.75) is 52.0 Å². The SMILES string of the molecule is CCCCOC(=O)NCC(=O)NC(Cc1ccccc1)C(=O)OCCCC. The highest BCUT2D eigenvalue weighted by atomic mass is 16.5. The van der Waals surface area contributed by atoms with Gasteiger partial charge in [-0.05, 0) is 18.4 Å². The summed E-state index contributed by atoms with van der Waals surface area (Å²) in [5.74, 6) is -0.956. The van der Waals surface area contributed by atoms with Gasteiger partial charge < -0.3 is 20.1 Å². The lowest BCUT2D eigenvalue weighted by molar-refractivity contribution is -0.147. The summed E-state index contributed by atoms with van der Waals surface area (Å²) in [6, 6.07) is 8.55. The number of rotatable bonds is 12. The van der Waals surface area contributed by atoms with Gasteiger partial charge in [0.1, 0.15) is 12.6 Å². The van der Waals surface area contributed by atoms with Gasteiger partial charge in [0.15, 0.2) is 0 Å². The van der Waals surface area contributed by atoms with Crippen LogP contribution in [0.25, 0.3) is 0 Å². The minimum absolute atomic E-state index is 0.265. The van der Waals surface area contributed by atoms with E-state index < -0.39 is 24.0 Å². The lowest BCUT2D eigenvalue weighted by atomic mass is 10.1. The zero-order valence-electron chi connectivity index (χ0n) is 16.2. The third-order valence-corrected chi connectivity index (χ3v) is 3.77. The van der Waals surface area contributed by atoms with Gasteiger partial charge in [0.05, 0.1) is 13.2 Å². The van der Waals surface area contributed by atoms with Gasteiger partial charge in [-0.25, -0.2) is 9.59 Å². The van der Waals surface area contributed by atoms with Gasteiger partial charge in [-0.2, -0.15) is 0 Å². The Hall–Kier alpha value is -2.57. The molecule has 7 nitrogen and oxygen atoms in total. The topological polar surface area (TPSA) is 93.7 Å². The Morgan fingerprint density at radius 3 is 2.22 bits per heavy atom. The highest BCUT2D eigenvalue weighted by Gasteiger charge is 2.23. The maximum Gasteiger partial charge on any atom is 0.407 e. The number of carbonyl (C=O) groups excluding carboxylic acids is 3.